The third-order valence-corrected chi connectivity index (χ3v) is 3.25. The average molecular weight is 265 g/mol. The van der Waals surface area contributed by atoms with Crippen molar-refractivity contribution in [3.05, 3.63) is 12.1 Å². The molecule has 0 saturated heterocycles. The van der Waals surface area contributed by atoms with Crippen molar-refractivity contribution in [1.82, 2.24) is 4.98 Å². The number of nitrogens with zero attached hydrogens (tertiary/aromatic N) is 1. The third kappa shape index (κ3) is 4.28. The fourth-order valence-electron chi connectivity index (χ4n) is 1.81. The molecule has 1 fully saturated rings. The summed E-state index contributed by atoms with van der Waals surface area (Å²) >= 11 is 0. The van der Waals surface area contributed by atoms with Crippen LogP contribution in [0.4, 0.5) is 11.5 Å². The van der Waals surface area contributed by atoms with Gasteiger partial charge in [-0.2, -0.15) is 4.98 Å². The largest absolute Gasteiger partial charge is 0.476 e. The van der Waals surface area contributed by atoms with Crippen LogP contribution >= 0.6 is 0 Å². The molecule has 1 aromatic heterocycles. The van der Waals surface area contributed by atoms with Crippen molar-refractivity contribution >= 4 is 11.5 Å². The lowest BCUT2D eigenvalue weighted by Crippen LogP contribution is -2.32. The summed E-state index contributed by atoms with van der Waals surface area (Å²) in [6, 6.07) is 3.63. The van der Waals surface area contributed by atoms with Crippen molar-refractivity contribution in [3.8, 4) is 5.88 Å². The number of aromatic nitrogens is 1. The topological polar surface area (TPSA) is 80.4 Å². The number of hydrogen-bond donors (Lipinski definition) is 3. The summed E-state index contributed by atoms with van der Waals surface area (Å²) in [5.74, 6) is 1.89. The lowest BCUT2D eigenvalue weighted by molar-refractivity contribution is 0.260. The van der Waals surface area contributed by atoms with Crippen molar-refractivity contribution in [2.75, 3.05) is 24.3 Å². The predicted molar refractivity (Wildman–Crippen MR) is 76.3 cm³/mol. The van der Waals surface area contributed by atoms with Crippen molar-refractivity contribution in [1.29, 1.82) is 0 Å². The Bertz CT molecular complexity index is 431. The minimum absolute atomic E-state index is 0.139. The SMILES string of the molecule is CC(C)(CCO)Nc1ccc(N)c(OCC2CC2)n1. The maximum absolute atomic E-state index is 9.03. The molecule has 0 bridgehead atoms. The maximum atomic E-state index is 9.03. The zero-order chi connectivity index (χ0) is 13.9. The molecule has 1 aromatic rings. The second-order valence-electron chi connectivity index (χ2n) is 5.83. The summed E-state index contributed by atoms with van der Waals surface area (Å²) in [7, 11) is 0. The molecule has 106 valence electrons. The molecule has 0 spiro atoms. The quantitative estimate of drug-likeness (QED) is 0.703. The van der Waals surface area contributed by atoms with E-state index in [-0.39, 0.29) is 12.1 Å². The molecule has 0 aliphatic heterocycles. The summed E-state index contributed by atoms with van der Waals surface area (Å²) in [6.45, 7) is 4.87. The Kier molecular flexibility index (Phi) is 4.14. The molecule has 4 N–H and O–H groups in total. The normalized spacial score (nSPS) is 15.3. The first-order valence-electron chi connectivity index (χ1n) is 6.78. The van der Waals surface area contributed by atoms with Gasteiger partial charge in [-0.1, -0.05) is 0 Å². The molecule has 1 aliphatic rings. The van der Waals surface area contributed by atoms with Crippen molar-refractivity contribution < 1.29 is 9.84 Å². The van der Waals surface area contributed by atoms with Gasteiger partial charge in [-0.25, -0.2) is 0 Å². The van der Waals surface area contributed by atoms with E-state index in [1.165, 1.54) is 12.8 Å². The van der Waals surface area contributed by atoms with Gasteiger partial charge in [0.25, 0.3) is 0 Å². The number of rotatable bonds is 7. The highest BCUT2D eigenvalue weighted by molar-refractivity contribution is 5.54. The Balaban J connectivity index is 2.02. The zero-order valence-corrected chi connectivity index (χ0v) is 11.6. The molecule has 5 nitrogen and oxygen atoms in total. The number of anilines is 2. The molecule has 19 heavy (non-hydrogen) atoms. The van der Waals surface area contributed by atoms with Crippen LogP contribution in [0.15, 0.2) is 12.1 Å². The smallest absolute Gasteiger partial charge is 0.239 e. The molecule has 0 amide bonds. The fraction of sp³-hybridized carbons (Fsp3) is 0.643. The molecule has 1 aliphatic carbocycles. The van der Waals surface area contributed by atoms with Crippen LogP contribution in [-0.4, -0.2) is 28.8 Å². The van der Waals surface area contributed by atoms with E-state index in [9.17, 15) is 0 Å². The zero-order valence-electron chi connectivity index (χ0n) is 11.6. The summed E-state index contributed by atoms with van der Waals surface area (Å²) in [5.41, 5.74) is 6.21. The molecule has 1 saturated carbocycles. The first-order chi connectivity index (χ1) is 9.00. The Morgan fingerprint density at radius 2 is 2.21 bits per heavy atom. The molecular formula is C14H23N3O2. The Labute approximate surface area is 114 Å². The molecular weight excluding hydrogens is 242 g/mol. The summed E-state index contributed by atoms with van der Waals surface area (Å²) in [5, 5.41) is 12.3. The van der Waals surface area contributed by atoms with Gasteiger partial charge in [0.1, 0.15) is 5.82 Å². The number of aliphatic hydroxyl groups excluding tert-OH is 1. The maximum Gasteiger partial charge on any atom is 0.239 e. The van der Waals surface area contributed by atoms with Crippen molar-refractivity contribution in [2.24, 2.45) is 5.92 Å². The van der Waals surface area contributed by atoms with Crippen molar-refractivity contribution in [2.45, 2.75) is 38.6 Å². The van der Waals surface area contributed by atoms with Gasteiger partial charge in [0.05, 0.1) is 12.3 Å². The van der Waals surface area contributed by atoms with E-state index in [4.69, 9.17) is 15.6 Å². The van der Waals surface area contributed by atoms with Crippen LogP contribution in [0.3, 0.4) is 0 Å². The van der Waals surface area contributed by atoms with Gasteiger partial charge in [0, 0.05) is 12.1 Å². The fourth-order valence-corrected chi connectivity index (χ4v) is 1.81. The van der Waals surface area contributed by atoms with E-state index in [1.54, 1.807) is 6.07 Å². The average Bonchev–Trinajstić information content (AvgIpc) is 3.13. The van der Waals surface area contributed by atoms with E-state index >= 15 is 0 Å². The molecule has 0 unspecified atom stereocenters. The monoisotopic (exact) mass is 265 g/mol. The molecule has 0 radical (unpaired) electrons. The molecule has 0 aromatic carbocycles. The summed E-state index contributed by atoms with van der Waals surface area (Å²) in [4.78, 5) is 4.40. The van der Waals surface area contributed by atoms with Gasteiger partial charge >= 0.3 is 0 Å². The van der Waals surface area contributed by atoms with Gasteiger partial charge in [0.2, 0.25) is 5.88 Å². The Morgan fingerprint density at radius 3 is 2.84 bits per heavy atom. The summed E-state index contributed by atoms with van der Waals surface area (Å²) in [6.07, 6.45) is 3.13. The number of aliphatic hydroxyl groups is 1. The van der Waals surface area contributed by atoms with E-state index in [0.717, 1.165) is 5.82 Å². The van der Waals surface area contributed by atoms with E-state index in [2.05, 4.69) is 10.3 Å². The lowest BCUT2D eigenvalue weighted by atomic mass is 10.0. The number of ether oxygens (including phenoxy) is 1. The molecule has 5 heteroatoms. The molecule has 0 atom stereocenters. The van der Waals surface area contributed by atoms with Gasteiger partial charge in [0.15, 0.2) is 0 Å². The third-order valence-electron chi connectivity index (χ3n) is 3.25. The van der Waals surface area contributed by atoms with Crippen LogP contribution in [-0.2, 0) is 0 Å². The van der Waals surface area contributed by atoms with E-state index < -0.39 is 0 Å². The second-order valence-corrected chi connectivity index (χ2v) is 5.83. The molecule has 2 rings (SSSR count). The van der Waals surface area contributed by atoms with Crippen LogP contribution in [0, 0.1) is 5.92 Å². The standard InChI is InChI=1S/C14H23N3O2/c1-14(2,7-8-18)17-12-6-5-11(15)13(16-12)19-9-10-3-4-10/h5-6,10,18H,3-4,7-9,15H2,1-2H3,(H,16,17). The van der Waals surface area contributed by atoms with Crippen LogP contribution in [0.25, 0.3) is 0 Å². The highest BCUT2D eigenvalue weighted by Gasteiger charge is 2.23. The number of pyridine rings is 1. The Morgan fingerprint density at radius 1 is 1.47 bits per heavy atom. The Hall–Kier alpha value is -1.49. The predicted octanol–water partition coefficient (Wildman–Crippen LogP) is 2.03. The first-order valence-corrected chi connectivity index (χ1v) is 6.78. The number of hydrogen-bond acceptors (Lipinski definition) is 5. The van der Waals surface area contributed by atoms with Crippen LogP contribution in [0.5, 0.6) is 5.88 Å². The first kappa shape index (κ1) is 13.9. The van der Waals surface area contributed by atoms with Crippen LogP contribution in [0.2, 0.25) is 0 Å². The van der Waals surface area contributed by atoms with Gasteiger partial charge in [-0.3, -0.25) is 0 Å². The minimum atomic E-state index is -0.217. The number of nitrogens with two attached hydrogens (primary N) is 1. The number of nitrogen functional groups attached to an aromatic ring is 1. The summed E-state index contributed by atoms with van der Waals surface area (Å²) < 4.78 is 5.65. The van der Waals surface area contributed by atoms with E-state index in [1.807, 2.05) is 19.9 Å². The van der Waals surface area contributed by atoms with Crippen molar-refractivity contribution in [3.63, 3.8) is 0 Å². The van der Waals surface area contributed by atoms with Gasteiger partial charge < -0.3 is 20.9 Å². The highest BCUT2D eigenvalue weighted by atomic mass is 16.5. The minimum Gasteiger partial charge on any atom is -0.476 e. The number of nitrogens with one attached hydrogen (secondary N) is 1. The second kappa shape index (κ2) is 5.65. The van der Waals surface area contributed by atoms with Crippen LogP contribution in [0.1, 0.15) is 33.1 Å². The van der Waals surface area contributed by atoms with Gasteiger partial charge in [-0.15, -0.1) is 0 Å². The van der Waals surface area contributed by atoms with Gasteiger partial charge in [-0.05, 0) is 51.2 Å². The van der Waals surface area contributed by atoms with Crippen LogP contribution < -0.4 is 15.8 Å². The molecule has 1 heterocycles. The highest BCUT2D eigenvalue weighted by Crippen LogP contribution is 2.31. The van der Waals surface area contributed by atoms with E-state index in [0.29, 0.717) is 30.5 Å². The lowest BCUT2D eigenvalue weighted by Gasteiger charge is -2.26.